The summed E-state index contributed by atoms with van der Waals surface area (Å²) < 4.78 is 6.07. The van der Waals surface area contributed by atoms with Gasteiger partial charge in [0.2, 0.25) is 0 Å². The Morgan fingerprint density at radius 3 is 2.62 bits per heavy atom. The molecular weight excluding hydrogens is 452 g/mol. The number of ether oxygens (including phenoxy) is 1. The Labute approximate surface area is 201 Å². The number of nitrogens with zero attached hydrogens (tertiary/aromatic N) is 3. The number of amides is 2. The molecule has 3 heterocycles. The van der Waals surface area contributed by atoms with Crippen LogP contribution in [0.4, 0.5) is 5.69 Å². The number of pyridine rings is 2. The zero-order chi connectivity index (χ0) is 23.5. The van der Waals surface area contributed by atoms with Gasteiger partial charge in [-0.2, -0.15) is 0 Å². The topological polar surface area (TPSA) is 84.4 Å². The number of rotatable bonds is 4. The van der Waals surface area contributed by atoms with Gasteiger partial charge in [-0.15, -0.1) is 0 Å². The Bertz CT molecular complexity index is 1380. The summed E-state index contributed by atoms with van der Waals surface area (Å²) >= 11 is 6.24. The Kier molecular flexibility index (Phi) is 5.93. The van der Waals surface area contributed by atoms with Crippen LogP contribution in [0.2, 0.25) is 5.02 Å². The Morgan fingerprint density at radius 1 is 0.941 bits per heavy atom. The highest BCUT2D eigenvalue weighted by Gasteiger charge is 2.27. The number of carbonyl (C=O) groups excluding carboxylic acids is 2. The van der Waals surface area contributed by atoms with Gasteiger partial charge < -0.3 is 10.1 Å². The molecule has 0 bridgehead atoms. The molecule has 2 amide bonds. The van der Waals surface area contributed by atoms with Crippen LogP contribution in [0, 0.1) is 0 Å². The van der Waals surface area contributed by atoms with Crippen LogP contribution in [0.25, 0.3) is 0 Å². The monoisotopic (exact) mass is 470 g/mol. The van der Waals surface area contributed by atoms with Gasteiger partial charge in [0.1, 0.15) is 17.1 Å². The molecule has 1 N–H and O–H groups in total. The number of hydrogen-bond donors (Lipinski definition) is 1. The van der Waals surface area contributed by atoms with E-state index in [0.717, 1.165) is 11.3 Å². The molecule has 0 aliphatic carbocycles. The van der Waals surface area contributed by atoms with Crippen LogP contribution in [0.15, 0.2) is 85.1 Å². The summed E-state index contributed by atoms with van der Waals surface area (Å²) in [6.07, 6.45) is 1.66. The van der Waals surface area contributed by atoms with Crippen LogP contribution in [0.1, 0.15) is 32.2 Å². The molecule has 0 unspecified atom stereocenters. The number of aromatic nitrogens is 2. The van der Waals surface area contributed by atoms with Gasteiger partial charge in [-0.25, -0.2) is 4.98 Å². The zero-order valence-electron chi connectivity index (χ0n) is 17.9. The van der Waals surface area contributed by atoms with Crippen LogP contribution in [-0.4, -0.2) is 21.8 Å². The van der Waals surface area contributed by atoms with Crippen LogP contribution < -0.4 is 15.0 Å². The summed E-state index contributed by atoms with van der Waals surface area (Å²) in [4.78, 5) is 36.4. The van der Waals surface area contributed by atoms with Crippen LogP contribution in [-0.2, 0) is 13.1 Å². The molecule has 168 valence electrons. The Balaban J connectivity index is 1.44. The standard InChI is InChI=1S/C26H19ClN4O3/c27-18-11-12-24-22(14-18)31(16-17-6-1-2-10-23(17)34-24)26(33)21-9-5-8-20(30-21)25(32)29-15-19-7-3-4-13-28-19/h1-14H,15-16H2,(H,29,32). The van der Waals surface area contributed by atoms with Gasteiger partial charge in [-0.1, -0.05) is 41.9 Å². The Morgan fingerprint density at radius 2 is 1.76 bits per heavy atom. The molecule has 7 nitrogen and oxygen atoms in total. The molecule has 0 saturated carbocycles. The van der Waals surface area contributed by atoms with E-state index in [9.17, 15) is 9.59 Å². The molecule has 0 spiro atoms. The van der Waals surface area contributed by atoms with Crippen molar-refractivity contribution in [3.8, 4) is 11.5 Å². The van der Waals surface area contributed by atoms with Gasteiger partial charge in [0.15, 0.2) is 5.75 Å². The van der Waals surface area contributed by atoms with Gasteiger partial charge in [0, 0.05) is 16.8 Å². The first kappa shape index (κ1) is 21.6. The first-order chi connectivity index (χ1) is 16.6. The van der Waals surface area contributed by atoms with Crippen LogP contribution >= 0.6 is 11.6 Å². The fraction of sp³-hybridized carbons (Fsp3) is 0.0769. The van der Waals surface area contributed by atoms with Crippen LogP contribution in [0.3, 0.4) is 0 Å². The molecule has 1 aliphatic heterocycles. The highest BCUT2D eigenvalue weighted by molar-refractivity contribution is 6.31. The molecule has 0 radical (unpaired) electrons. The van der Waals surface area contributed by atoms with Gasteiger partial charge in [0.25, 0.3) is 11.8 Å². The number of para-hydroxylation sites is 1. The molecule has 5 rings (SSSR count). The maximum Gasteiger partial charge on any atom is 0.277 e. The van der Waals surface area contributed by atoms with Crippen molar-refractivity contribution in [1.82, 2.24) is 15.3 Å². The minimum atomic E-state index is -0.395. The van der Waals surface area contributed by atoms with Gasteiger partial charge in [0.05, 0.1) is 24.5 Å². The normalized spacial score (nSPS) is 12.1. The fourth-order valence-electron chi connectivity index (χ4n) is 3.66. The van der Waals surface area contributed by atoms with E-state index in [4.69, 9.17) is 16.3 Å². The maximum atomic E-state index is 13.6. The number of nitrogens with one attached hydrogen (secondary N) is 1. The minimum Gasteiger partial charge on any atom is -0.455 e. The van der Waals surface area contributed by atoms with Crippen molar-refractivity contribution in [1.29, 1.82) is 0 Å². The van der Waals surface area contributed by atoms with Crippen molar-refractivity contribution in [2.45, 2.75) is 13.1 Å². The molecule has 0 atom stereocenters. The van der Waals surface area contributed by atoms with Gasteiger partial charge in [-0.3, -0.25) is 19.5 Å². The average molecular weight is 471 g/mol. The summed E-state index contributed by atoms with van der Waals surface area (Å²) in [6.45, 7) is 0.520. The summed E-state index contributed by atoms with van der Waals surface area (Å²) in [5.41, 5.74) is 2.36. The summed E-state index contributed by atoms with van der Waals surface area (Å²) in [6, 6.07) is 22.9. The molecule has 1 aliphatic rings. The zero-order valence-corrected chi connectivity index (χ0v) is 18.7. The van der Waals surface area contributed by atoms with E-state index in [1.807, 2.05) is 36.4 Å². The molecular formula is C26H19ClN4O3. The number of fused-ring (bicyclic) bond motifs is 2. The SMILES string of the molecule is O=C(NCc1ccccn1)c1cccc(C(=O)N2Cc3ccccc3Oc3ccc(Cl)cc32)n1. The van der Waals surface area contributed by atoms with E-state index in [1.165, 1.54) is 0 Å². The lowest BCUT2D eigenvalue weighted by molar-refractivity contribution is 0.0945. The third kappa shape index (κ3) is 4.46. The minimum absolute atomic E-state index is 0.135. The van der Waals surface area contributed by atoms with Crippen molar-refractivity contribution in [2.75, 3.05) is 4.90 Å². The molecule has 2 aromatic heterocycles. The lowest BCUT2D eigenvalue weighted by atomic mass is 10.1. The lowest BCUT2D eigenvalue weighted by Crippen LogP contribution is -2.31. The van der Waals surface area contributed by atoms with Crippen molar-refractivity contribution in [3.63, 3.8) is 0 Å². The summed E-state index contributed by atoms with van der Waals surface area (Å²) in [5, 5.41) is 3.25. The van der Waals surface area contributed by atoms with Crippen molar-refractivity contribution in [2.24, 2.45) is 0 Å². The molecule has 0 fully saturated rings. The maximum absolute atomic E-state index is 13.6. The van der Waals surface area contributed by atoms with E-state index in [2.05, 4.69) is 15.3 Å². The predicted molar refractivity (Wildman–Crippen MR) is 128 cm³/mol. The van der Waals surface area contributed by atoms with E-state index in [-0.39, 0.29) is 30.4 Å². The number of anilines is 1. The van der Waals surface area contributed by atoms with E-state index < -0.39 is 5.91 Å². The summed E-state index contributed by atoms with van der Waals surface area (Å²) in [7, 11) is 0. The van der Waals surface area contributed by atoms with Crippen LogP contribution in [0.5, 0.6) is 11.5 Å². The first-order valence-electron chi connectivity index (χ1n) is 10.6. The smallest absolute Gasteiger partial charge is 0.277 e. The van der Waals surface area contributed by atoms with E-state index in [0.29, 0.717) is 22.2 Å². The Hall–Kier alpha value is -4.23. The second-order valence-electron chi connectivity index (χ2n) is 7.62. The third-order valence-electron chi connectivity index (χ3n) is 5.33. The van der Waals surface area contributed by atoms with Crippen molar-refractivity contribution < 1.29 is 14.3 Å². The number of halogens is 1. The molecule has 34 heavy (non-hydrogen) atoms. The molecule has 0 saturated heterocycles. The first-order valence-corrected chi connectivity index (χ1v) is 11.0. The van der Waals surface area contributed by atoms with Crippen molar-refractivity contribution >= 4 is 29.1 Å². The molecule has 2 aromatic carbocycles. The number of hydrogen-bond acceptors (Lipinski definition) is 5. The highest BCUT2D eigenvalue weighted by atomic mass is 35.5. The predicted octanol–water partition coefficient (Wildman–Crippen LogP) is 5.01. The lowest BCUT2D eigenvalue weighted by Gasteiger charge is -2.22. The number of carbonyl (C=O) groups is 2. The summed E-state index contributed by atoms with van der Waals surface area (Å²) in [5.74, 6) is 0.403. The van der Waals surface area contributed by atoms with Gasteiger partial charge >= 0.3 is 0 Å². The van der Waals surface area contributed by atoms with Gasteiger partial charge in [-0.05, 0) is 48.5 Å². The molecule has 4 aromatic rings. The highest BCUT2D eigenvalue weighted by Crippen LogP contribution is 2.40. The average Bonchev–Trinajstić information content (AvgIpc) is 3.04. The quantitative estimate of drug-likeness (QED) is 0.453. The second kappa shape index (κ2) is 9.33. The van der Waals surface area contributed by atoms with E-state index in [1.54, 1.807) is 53.6 Å². The van der Waals surface area contributed by atoms with Crippen molar-refractivity contribution in [3.05, 3.63) is 113 Å². The molecule has 8 heteroatoms. The third-order valence-corrected chi connectivity index (χ3v) is 5.57. The number of benzene rings is 2. The largest absolute Gasteiger partial charge is 0.455 e. The second-order valence-corrected chi connectivity index (χ2v) is 8.06. The fourth-order valence-corrected chi connectivity index (χ4v) is 3.83. The van der Waals surface area contributed by atoms with E-state index >= 15 is 0 Å².